The Kier molecular flexibility index (Phi) is 1.30. The second-order valence-corrected chi connectivity index (χ2v) is 2.02. The topological polar surface area (TPSA) is 12.5 Å². The Morgan fingerprint density at radius 2 is 2.43 bits per heavy atom. The SMILES string of the molecule is CC1CCON1C. The number of rotatable bonds is 0. The van der Waals surface area contributed by atoms with E-state index in [1.165, 1.54) is 6.42 Å². The first-order valence-corrected chi connectivity index (χ1v) is 2.66. The molecule has 1 fully saturated rings. The van der Waals surface area contributed by atoms with Gasteiger partial charge in [-0.2, -0.15) is 5.06 Å². The van der Waals surface area contributed by atoms with Gasteiger partial charge in [0.2, 0.25) is 0 Å². The summed E-state index contributed by atoms with van der Waals surface area (Å²) < 4.78 is 0. The lowest BCUT2D eigenvalue weighted by atomic mass is 10.3. The molecule has 0 spiro atoms. The van der Waals surface area contributed by atoms with Crippen LogP contribution >= 0.6 is 0 Å². The third-order valence-electron chi connectivity index (χ3n) is 1.45. The Hall–Kier alpha value is -0.0800. The standard InChI is InChI=1S/C5H11NO/c1-5-3-4-7-6(5)2/h5H,3-4H2,1-2H3. The van der Waals surface area contributed by atoms with Crippen molar-refractivity contribution in [3.05, 3.63) is 0 Å². The van der Waals surface area contributed by atoms with E-state index in [4.69, 9.17) is 4.84 Å². The zero-order valence-electron chi connectivity index (χ0n) is 4.85. The van der Waals surface area contributed by atoms with Crippen molar-refractivity contribution in [3.8, 4) is 0 Å². The average Bonchev–Trinajstić information content (AvgIpc) is 1.91. The van der Waals surface area contributed by atoms with Gasteiger partial charge in [-0.15, -0.1) is 0 Å². The summed E-state index contributed by atoms with van der Waals surface area (Å²) >= 11 is 0. The molecule has 0 aromatic rings. The van der Waals surface area contributed by atoms with Gasteiger partial charge in [0.25, 0.3) is 0 Å². The molecule has 1 aliphatic heterocycles. The highest BCUT2D eigenvalue weighted by Gasteiger charge is 2.15. The van der Waals surface area contributed by atoms with E-state index in [0.29, 0.717) is 6.04 Å². The fraction of sp³-hybridized carbons (Fsp3) is 1.00. The second kappa shape index (κ2) is 1.80. The molecule has 0 N–H and O–H groups in total. The molecule has 0 aromatic heterocycles. The highest BCUT2D eigenvalue weighted by molar-refractivity contribution is 4.59. The van der Waals surface area contributed by atoms with E-state index in [1.807, 2.05) is 12.1 Å². The number of hydroxylamine groups is 2. The monoisotopic (exact) mass is 101 g/mol. The molecule has 2 heteroatoms. The van der Waals surface area contributed by atoms with Crippen molar-refractivity contribution in [2.24, 2.45) is 0 Å². The van der Waals surface area contributed by atoms with Gasteiger partial charge >= 0.3 is 0 Å². The Morgan fingerprint density at radius 1 is 1.71 bits per heavy atom. The summed E-state index contributed by atoms with van der Waals surface area (Å²) in [7, 11) is 1.97. The van der Waals surface area contributed by atoms with Crippen molar-refractivity contribution in [1.29, 1.82) is 0 Å². The minimum absolute atomic E-state index is 0.625. The Bertz CT molecular complexity index is 57.1. The fourth-order valence-electron chi connectivity index (χ4n) is 0.676. The molecule has 0 saturated carbocycles. The van der Waals surface area contributed by atoms with Crippen LogP contribution in [-0.2, 0) is 4.84 Å². The number of hydrogen-bond acceptors (Lipinski definition) is 2. The van der Waals surface area contributed by atoms with Crippen LogP contribution in [0.5, 0.6) is 0 Å². The first-order chi connectivity index (χ1) is 3.30. The van der Waals surface area contributed by atoms with Crippen molar-refractivity contribution < 1.29 is 4.84 Å². The van der Waals surface area contributed by atoms with Crippen LogP contribution in [0.1, 0.15) is 13.3 Å². The number of nitrogens with zero attached hydrogens (tertiary/aromatic N) is 1. The van der Waals surface area contributed by atoms with Gasteiger partial charge in [-0.05, 0) is 13.3 Å². The van der Waals surface area contributed by atoms with Crippen LogP contribution in [0, 0.1) is 0 Å². The van der Waals surface area contributed by atoms with E-state index in [0.717, 1.165) is 6.61 Å². The van der Waals surface area contributed by atoms with Gasteiger partial charge in [-0.25, -0.2) is 0 Å². The van der Waals surface area contributed by atoms with Gasteiger partial charge in [-0.3, -0.25) is 4.84 Å². The van der Waals surface area contributed by atoms with Crippen LogP contribution in [-0.4, -0.2) is 24.8 Å². The lowest BCUT2D eigenvalue weighted by Gasteiger charge is -2.10. The summed E-state index contributed by atoms with van der Waals surface area (Å²) in [5.74, 6) is 0. The van der Waals surface area contributed by atoms with E-state index in [2.05, 4.69) is 6.92 Å². The fourth-order valence-corrected chi connectivity index (χ4v) is 0.676. The van der Waals surface area contributed by atoms with Gasteiger partial charge in [0.05, 0.1) is 6.61 Å². The van der Waals surface area contributed by atoms with Crippen LogP contribution in [0.15, 0.2) is 0 Å². The Morgan fingerprint density at radius 3 is 2.57 bits per heavy atom. The quantitative estimate of drug-likeness (QED) is 0.444. The van der Waals surface area contributed by atoms with Gasteiger partial charge in [0.1, 0.15) is 0 Å². The van der Waals surface area contributed by atoms with Crippen molar-refractivity contribution in [2.75, 3.05) is 13.7 Å². The predicted molar refractivity (Wildman–Crippen MR) is 27.8 cm³/mol. The van der Waals surface area contributed by atoms with Crippen molar-refractivity contribution >= 4 is 0 Å². The summed E-state index contributed by atoms with van der Waals surface area (Å²) in [5.41, 5.74) is 0. The van der Waals surface area contributed by atoms with Gasteiger partial charge in [-0.1, -0.05) is 0 Å². The lowest BCUT2D eigenvalue weighted by molar-refractivity contribution is -0.106. The van der Waals surface area contributed by atoms with E-state index >= 15 is 0 Å². The van der Waals surface area contributed by atoms with Crippen molar-refractivity contribution in [3.63, 3.8) is 0 Å². The molecule has 1 rings (SSSR count). The molecular formula is C5H11NO. The maximum absolute atomic E-state index is 5.10. The maximum Gasteiger partial charge on any atom is 0.0700 e. The third-order valence-corrected chi connectivity index (χ3v) is 1.45. The molecule has 1 saturated heterocycles. The molecule has 0 aliphatic carbocycles. The molecule has 0 bridgehead atoms. The molecule has 1 atom stereocenters. The van der Waals surface area contributed by atoms with Gasteiger partial charge in [0.15, 0.2) is 0 Å². The predicted octanol–water partition coefficient (Wildman–Crippen LogP) is 0.642. The molecule has 7 heavy (non-hydrogen) atoms. The van der Waals surface area contributed by atoms with Crippen LogP contribution < -0.4 is 0 Å². The van der Waals surface area contributed by atoms with E-state index in [1.54, 1.807) is 0 Å². The van der Waals surface area contributed by atoms with Gasteiger partial charge < -0.3 is 0 Å². The first kappa shape index (κ1) is 5.06. The molecule has 2 nitrogen and oxygen atoms in total. The van der Waals surface area contributed by atoms with Crippen LogP contribution in [0.25, 0.3) is 0 Å². The zero-order chi connectivity index (χ0) is 5.28. The van der Waals surface area contributed by atoms with Crippen LogP contribution in [0.2, 0.25) is 0 Å². The van der Waals surface area contributed by atoms with Gasteiger partial charge in [0, 0.05) is 13.1 Å². The van der Waals surface area contributed by atoms with E-state index in [-0.39, 0.29) is 0 Å². The van der Waals surface area contributed by atoms with E-state index in [9.17, 15) is 0 Å². The normalized spacial score (nSPS) is 34.3. The summed E-state index contributed by atoms with van der Waals surface area (Å²) in [5, 5.41) is 1.90. The number of hydrogen-bond donors (Lipinski definition) is 0. The first-order valence-electron chi connectivity index (χ1n) is 2.66. The molecule has 0 radical (unpaired) electrons. The molecule has 1 unspecified atom stereocenters. The summed E-state index contributed by atoms with van der Waals surface area (Å²) in [4.78, 5) is 5.10. The molecular weight excluding hydrogens is 90.1 g/mol. The highest BCUT2D eigenvalue weighted by atomic mass is 16.7. The second-order valence-electron chi connectivity index (χ2n) is 2.02. The van der Waals surface area contributed by atoms with Crippen LogP contribution in [0.4, 0.5) is 0 Å². The molecule has 42 valence electrons. The summed E-state index contributed by atoms with van der Waals surface area (Å²) in [6, 6.07) is 0.625. The smallest absolute Gasteiger partial charge is 0.0700 e. The summed E-state index contributed by atoms with van der Waals surface area (Å²) in [6.45, 7) is 3.06. The maximum atomic E-state index is 5.10. The Balaban J connectivity index is 2.33. The molecule has 1 aliphatic rings. The third kappa shape index (κ3) is 0.924. The largest absolute Gasteiger partial charge is 0.299 e. The zero-order valence-corrected chi connectivity index (χ0v) is 4.85. The minimum atomic E-state index is 0.625. The van der Waals surface area contributed by atoms with Crippen LogP contribution in [0.3, 0.4) is 0 Å². The van der Waals surface area contributed by atoms with Crippen molar-refractivity contribution in [1.82, 2.24) is 5.06 Å². The van der Waals surface area contributed by atoms with Crippen molar-refractivity contribution in [2.45, 2.75) is 19.4 Å². The summed E-state index contributed by atoms with van der Waals surface area (Å²) in [6.07, 6.45) is 1.18. The highest BCUT2D eigenvalue weighted by Crippen LogP contribution is 2.09. The minimum Gasteiger partial charge on any atom is -0.299 e. The molecule has 0 aromatic carbocycles. The Labute approximate surface area is 44.0 Å². The van der Waals surface area contributed by atoms with E-state index < -0.39 is 0 Å². The molecule has 1 heterocycles. The molecule has 0 amide bonds. The lowest BCUT2D eigenvalue weighted by Crippen LogP contribution is -2.19. The average molecular weight is 101 g/mol.